The Kier molecular flexibility index (Phi) is 8.00. The predicted molar refractivity (Wildman–Crippen MR) is 121 cm³/mol. The molecule has 3 aromatic rings. The zero-order chi connectivity index (χ0) is 22.1. The fourth-order valence-corrected chi connectivity index (χ4v) is 3.74. The van der Waals surface area contributed by atoms with Crippen molar-refractivity contribution >= 4 is 23.2 Å². The van der Waals surface area contributed by atoms with Crippen LogP contribution in [0.15, 0.2) is 53.9 Å². The molecular weight excluding hydrogens is 414 g/mol. The fraction of sp³-hybridized carbons (Fsp3) is 0.261. The molecule has 8 heteroatoms. The van der Waals surface area contributed by atoms with E-state index in [9.17, 15) is 9.59 Å². The van der Waals surface area contributed by atoms with Gasteiger partial charge in [0.2, 0.25) is 5.91 Å². The Morgan fingerprint density at radius 3 is 2.52 bits per heavy atom. The smallest absolute Gasteiger partial charge is 0.251 e. The first-order valence-electron chi connectivity index (χ1n) is 9.96. The number of aromatic nitrogens is 1. The molecule has 0 aliphatic heterocycles. The zero-order valence-electron chi connectivity index (χ0n) is 17.5. The predicted octanol–water partition coefficient (Wildman–Crippen LogP) is 3.31. The third-order valence-electron chi connectivity index (χ3n) is 4.40. The lowest BCUT2D eigenvalue weighted by Gasteiger charge is -2.08. The molecule has 7 nitrogen and oxygen atoms in total. The summed E-state index contributed by atoms with van der Waals surface area (Å²) in [5.41, 5.74) is 2.16. The van der Waals surface area contributed by atoms with Crippen molar-refractivity contribution in [1.29, 1.82) is 0 Å². The van der Waals surface area contributed by atoms with Crippen LogP contribution < -0.4 is 20.1 Å². The zero-order valence-corrected chi connectivity index (χ0v) is 18.3. The van der Waals surface area contributed by atoms with Crippen LogP contribution in [0.1, 0.15) is 23.0 Å². The summed E-state index contributed by atoms with van der Waals surface area (Å²) in [5, 5.41) is 8.28. The molecule has 0 aliphatic rings. The van der Waals surface area contributed by atoms with Gasteiger partial charge in [-0.1, -0.05) is 12.1 Å². The molecule has 3 rings (SSSR count). The second-order valence-electron chi connectivity index (χ2n) is 6.58. The van der Waals surface area contributed by atoms with Gasteiger partial charge >= 0.3 is 0 Å². The summed E-state index contributed by atoms with van der Waals surface area (Å²) >= 11 is 1.48. The number of nitrogens with zero attached hydrogens (tertiary/aromatic N) is 1. The molecule has 2 aromatic carbocycles. The Morgan fingerprint density at radius 2 is 1.77 bits per heavy atom. The molecule has 1 aromatic heterocycles. The quantitative estimate of drug-likeness (QED) is 0.473. The number of rotatable bonds is 10. The van der Waals surface area contributed by atoms with Crippen LogP contribution in [-0.4, -0.2) is 43.6 Å². The number of thiazole rings is 1. The maximum Gasteiger partial charge on any atom is 0.251 e. The van der Waals surface area contributed by atoms with E-state index in [0.717, 1.165) is 16.3 Å². The average Bonchev–Trinajstić information content (AvgIpc) is 3.25. The maximum absolute atomic E-state index is 12.2. The van der Waals surface area contributed by atoms with Crippen LogP contribution in [0, 0.1) is 0 Å². The summed E-state index contributed by atoms with van der Waals surface area (Å²) in [6.07, 6.45) is 0.180. The fourth-order valence-electron chi connectivity index (χ4n) is 2.89. The molecule has 0 saturated heterocycles. The highest BCUT2D eigenvalue weighted by molar-refractivity contribution is 7.13. The van der Waals surface area contributed by atoms with E-state index < -0.39 is 0 Å². The standard InChI is InChI=1S/C23H25N3O4S/c1-3-30-20-7-5-4-6-19(20)23-26-17(15-31-23)14-21(27)24-12-13-25-22(28)16-8-10-18(29-2)11-9-16/h4-11,15H,3,12-14H2,1-2H3,(H,24,27)(H,25,28). The first kappa shape index (κ1) is 22.3. The molecule has 2 N–H and O–H groups in total. The Hall–Kier alpha value is -3.39. The summed E-state index contributed by atoms with van der Waals surface area (Å²) in [5.74, 6) is 1.13. The van der Waals surface area contributed by atoms with E-state index in [1.165, 1.54) is 11.3 Å². The monoisotopic (exact) mass is 439 g/mol. The van der Waals surface area contributed by atoms with Gasteiger partial charge in [-0.3, -0.25) is 9.59 Å². The van der Waals surface area contributed by atoms with Gasteiger partial charge in [0, 0.05) is 24.0 Å². The lowest BCUT2D eigenvalue weighted by molar-refractivity contribution is -0.120. The van der Waals surface area contributed by atoms with Gasteiger partial charge in [-0.15, -0.1) is 11.3 Å². The molecule has 0 unspecified atom stereocenters. The number of nitrogens with one attached hydrogen (secondary N) is 2. The molecule has 0 fully saturated rings. The summed E-state index contributed by atoms with van der Waals surface area (Å²) < 4.78 is 10.7. The van der Waals surface area contributed by atoms with Crippen LogP contribution in [0.4, 0.5) is 0 Å². The van der Waals surface area contributed by atoms with E-state index in [4.69, 9.17) is 9.47 Å². The third kappa shape index (κ3) is 6.29. The minimum Gasteiger partial charge on any atom is -0.497 e. The minimum absolute atomic E-state index is 0.145. The molecule has 0 saturated carbocycles. The Bertz CT molecular complexity index is 1020. The average molecular weight is 440 g/mol. The summed E-state index contributed by atoms with van der Waals surface area (Å²) in [6.45, 7) is 3.19. The van der Waals surface area contributed by atoms with Gasteiger partial charge in [-0.05, 0) is 43.3 Å². The van der Waals surface area contributed by atoms with Crippen LogP contribution in [0.2, 0.25) is 0 Å². The van der Waals surface area contributed by atoms with Crippen LogP contribution in [-0.2, 0) is 11.2 Å². The normalized spacial score (nSPS) is 10.4. The molecule has 0 spiro atoms. The van der Waals surface area contributed by atoms with Crippen LogP contribution in [0.3, 0.4) is 0 Å². The van der Waals surface area contributed by atoms with E-state index in [1.54, 1.807) is 31.4 Å². The van der Waals surface area contributed by atoms with Crippen molar-refractivity contribution in [2.75, 3.05) is 26.8 Å². The highest BCUT2D eigenvalue weighted by atomic mass is 32.1. The first-order valence-corrected chi connectivity index (χ1v) is 10.8. The molecule has 2 amide bonds. The van der Waals surface area contributed by atoms with Crippen LogP contribution in [0.5, 0.6) is 11.5 Å². The van der Waals surface area contributed by atoms with Gasteiger partial charge < -0.3 is 20.1 Å². The summed E-state index contributed by atoms with van der Waals surface area (Å²) in [4.78, 5) is 28.9. The molecule has 0 aliphatic carbocycles. The molecular formula is C23H25N3O4S. The number of hydrogen-bond acceptors (Lipinski definition) is 6. The largest absolute Gasteiger partial charge is 0.497 e. The van der Waals surface area contributed by atoms with Gasteiger partial charge in [0.25, 0.3) is 5.91 Å². The second kappa shape index (κ2) is 11.1. The van der Waals surface area contributed by atoms with Crippen molar-refractivity contribution in [3.8, 4) is 22.1 Å². The van der Waals surface area contributed by atoms with E-state index in [1.807, 2.05) is 36.6 Å². The van der Waals surface area contributed by atoms with Crippen molar-refractivity contribution in [2.45, 2.75) is 13.3 Å². The summed E-state index contributed by atoms with van der Waals surface area (Å²) in [7, 11) is 1.57. The van der Waals surface area contributed by atoms with Crippen molar-refractivity contribution < 1.29 is 19.1 Å². The maximum atomic E-state index is 12.2. The van der Waals surface area contributed by atoms with Gasteiger partial charge in [-0.25, -0.2) is 4.98 Å². The molecule has 162 valence electrons. The number of hydrogen-bond donors (Lipinski definition) is 2. The number of para-hydroxylation sites is 1. The van der Waals surface area contributed by atoms with E-state index in [-0.39, 0.29) is 18.2 Å². The number of carbonyl (C=O) groups excluding carboxylic acids is 2. The molecule has 0 atom stereocenters. The lowest BCUT2D eigenvalue weighted by Crippen LogP contribution is -2.35. The third-order valence-corrected chi connectivity index (χ3v) is 5.32. The van der Waals surface area contributed by atoms with Crippen molar-refractivity contribution in [3.63, 3.8) is 0 Å². The van der Waals surface area contributed by atoms with Crippen molar-refractivity contribution in [1.82, 2.24) is 15.6 Å². The minimum atomic E-state index is -0.200. The first-order chi connectivity index (χ1) is 15.1. The van der Waals surface area contributed by atoms with E-state index in [0.29, 0.717) is 36.7 Å². The van der Waals surface area contributed by atoms with E-state index in [2.05, 4.69) is 15.6 Å². The topological polar surface area (TPSA) is 89.5 Å². The Labute approximate surface area is 185 Å². The number of ether oxygens (including phenoxy) is 2. The highest BCUT2D eigenvalue weighted by Gasteiger charge is 2.12. The highest BCUT2D eigenvalue weighted by Crippen LogP contribution is 2.32. The molecule has 31 heavy (non-hydrogen) atoms. The van der Waals surface area contributed by atoms with Gasteiger partial charge in [0.05, 0.1) is 31.4 Å². The van der Waals surface area contributed by atoms with Crippen molar-refractivity contribution in [3.05, 3.63) is 65.2 Å². The summed E-state index contributed by atoms with van der Waals surface area (Å²) in [6, 6.07) is 14.6. The number of amides is 2. The lowest BCUT2D eigenvalue weighted by atomic mass is 10.2. The van der Waals surface area contributed by atoms with Crippen LogP contribution in [0.25, 0.3) is 10.6 Å². The Balaban J connectivity index is 1.45. The number of carbonyl (C=O) groups is 2. The van der Waals surface area contributed by atoms with Crippen LogP contribution >= 0.6 is 11.3 Å². The Morgan fingerprint density at radius 1 is 1.03 bits per heavy atom. The molecule has 1 heterocycles. The molecule has 0 bridgehead atoms. The van der Waals surface area contributed by atoms with Gasteiger partial charge in [-0.2, -0.15) is 0 Å². The van der Waals surface area contributed by atoms with Crippen molar-refractivity contribution in [2.24, 2.45) is 0 Å². The SMILES string of the molecule is CCOc1ccccc1-c1nc(CC(=O)NCCNC(=O)c2ccc(OC)cc2)cs1. The van der Waals surface area contributed by atoms with Gasteiger partial charge in [0.1, 0.15) is 16.5 Å². The second-order valence-corrected chi connectivity index (χ2v) is 7.44. The number of benzene rings is 2. The van der Waals surface area contributed by atoms with Gasteiger partial charge in [0.15, 0.2) is 0 Å². The number of methoxy groups -OCH3 is 1. The molecule has 0 radical (unpaired) electrons. The van der Waals surface area contributed by atoms with E-state index >= 15 is 0 Å².